The smallest absolute Gasteiger partial charge is 0.241 e. The van der Waals surface area contributed by atoms with Gasteiger partial charge >= 0.3 is 0 Å². The number of nitrogens with one attached hydrogen (secondary N) is 2. The maximum Gasteiger partial charge on any atom is 0.241 e. The van der Waals surface area contributed by atoms with E-state index < -0.39 is 5.92 Å². The van der Waals surface area contributed by atoms with Gasteiger partial charge < -0.3 is 15.4 Å². The van der Waals surface area contributed by atoms with Gasteiger partial charge in [0.2, 0.25) is 5.91 Å². The zero-order valence-corrected chi connectivity index (χ0v) is 16.6. The number of anilines is 2. The third kappa shape index (κ3) is 7.51. The molecular formula is C23H25N3O3. The van der Waals surface area contributed by atoms with Crippen molar-refractivity contribution in [1.82, 2.24) is 0 Å². The molecule has 0 spiro atoms. The molecule has 0 heterocycles. The second-order valence-electron chi connectivity index (χ2n) is 6.53. The first-order chi connectivity index (χ1) is 14.0. The normalized spacial score (nSPS) is 11.5. The number of hydrogen-bond donors (Lipinski definition) is 2. The zero-order chi connectivity index (χ0) is 21.1. The van der Waals surface area contributed by atoms with E-state index in [-0.39, 0.29) is 11.7 Å². The summed E-state index contributed by atoms with van der Waals surface area (Å²) in [6.45, 7) is 1.52. The molecule has 6 heteroatoms. The first kappa shape index (κ1) is 21.7. The van der Waals surface area contributed by atoms with Crippen LogP contribution in [0, 0.1) is 17.2 Å². The van der Waals surface area contributed by atoms with Crippen molar-refractivity contribution < 1.29 is 14.3 Å². The Morgan fingerprint density at radius 3 is 2.52 bits per heavy atom. The van der Waals surface area contributed by atoms with Gasteiger partial charge in [-0.15, -0.1) is 0 Å². The number of amides is 1. The minimum Gasteiger partial charge on any atom is -0.457 e. The molecule has 2 N–H and O–H groups in total. The number of Topliss-reactive ketones (excluding diaryl/α,β-unsaturated/α-hetero) is 1. The molecule has 1 unspecified atom stereocenters. The number of rotatable bonds is 10. The van der Waals surface area contributed by atoms with Crippen molar-refractivity contribution in [2.24, 2.45) is 5.92 Å². The molecule has 1 amide bonds. The van der Waals surface area contributed by atoms with E-state index in [1.807, 2.05) is 43.5 Å². The summed E-state index contributed by atoms with van der Waals surface area (Å²) >= 11 is 0. The first-order valence-corrected chi connectivity index (χ1v) is 9.42. The van der Waals surface area contributed by atoms with E-state index in [0.717, 1.165) is 5.69 Å². The number of benzene rings is 2. The monoisotopic (exact) mass is 391 g/mol. The third-order valence-corrected chi connectivity index (χ3v) is 4.15. The van der Waals surface area contributed by atoms with Crippen molar-refractivity contribution in [3.8, 4) is 17.6 Å². The quantitative estimate of drug-likeness (QED) is 0.561. The van der Waals surface area contributed by atoms with Gasteiger partial charge in [0.1, 0.15) is 23.2 Å². The number of hydrogen-bond acceptors (Lipinski definition) is 5. The Morgan fingerprint density at radius 2 is 1.86 bits per heavy atom. The number of carbonyl (C=O) groups is 2. The van der Waals surface area contributed by atoms with Crippen molar-refractivity contribution in [1.29, 1.82) is 5.26 Å². The fourth-order valence-electron chi connectivity index (χ4n) is 2.57. The number of nitrogens with zero attached hydrogens (tertiary/aromatic N) is 1. The highest BCUT2D eigenvalue weighted by Gasteiger charge is 2.17. The summed E-state index contributed by atoms with van der Waals surface area (Å²) in [6.07, 6.45) is 4.93. The molecule has 29 heavy (non-hydrogen) atoms. The highest BCUT2D eigenvalue weighted by atomic mass is 16.5. The molecule has 6 nitrogen and oxygen atoms in total. The lowest BCUT2D eigenvalue weighted by atomic mass is 10.0. The molecule has 2 rings (SSSR count). The summed E-state index contributed by atoms with van der Waals surface area (Å²) < 4.78 is 5.81. The second kappa shape index (κ2) is 11.3. The van der Waals surface area contributed by atoms with Gasteiger partial charge in [0, 0.05) is 30.9 Å². The third-order valence-electron chi connectivity index (χ3n) is 4.15. The van der Waals surface area contributed by atoms with Crippen LogP contribution in [0.4, 0.5) is 11.4 Å². The summed E-state index contributed by atoms with van der Waals surface area (Å²) in [5, 5.41) is 15.1. The molecule has 2 aromatic rings. The maximum atomic E-state index is 12.3. The molecule has 0 saturated carbocycles. The Morgan fingerprint density at radius 1 is 1.10 bits per heavy atom. The molecule has 0 aliphatic rings. The second-order valence-corrected chi connectivity index (χ2v) is 6.53. The molecule has 2 aromatic carbocycles. The van der Waals surface area contributed by atoms with Gasteiger partial charge in [-0.2, -0.15) is 5.26 Å². The van der Waals surface area contributed by atoms with Crippen molar-refractivity contribution in [2.75, 3.05) is 17.7 Å². The Labute approximate surface area is 171 Å². The summed E-state index contributed by atoms with van der Waals surface area (Å²) in [6, 6.07) is 16.6. The van der Waals surface area contributed by atoms with Gasteiger partial charge in [0.05, 0.1) is 6.07 Å². The Hall–Kier alpha value is -3.59. The molecule has 0 fully saturated rings. The highest BCUT2D eigenvalue weighted by molar-refractivity contribution is 5.94. The molecule has 0 aromatic heterocycles. The van der Waals surface area contributed by atoms with Crippen LogP contribution >= 0.6 is 0 Å². The van der Waals surface area contributed by atoms with E-state index >= 15 is 0 Å². The maximum absolute atomic E-state index is 12.3. The van der Waals surface area contributed by atoms with Crippen LogP contribution in [0.15, 0.2) is 60.7 Å². The van der Waals surface area contributed by atoms with Crippen LogP contribution in [0.3, 0.4) is 0 Å². The van der Waals surface area contributed by atoms with Crippen molar-refractivity contribution in [2.45, 2.75) is 26.2 Å². The lowest BCUT2D eigenvalue weighted by Gasteiger charge is -2.11. The molecule has 150 valence electrons. The fraction of sp³-hybridized carbons (Fsp3) is 0.261. The van der Waals surface area contributed by atoms with E-state index in [1.54, 1.807) is 30.3 Å². The van der Waals surface area contributed by atoms with Crippen LogP contribution < -0.4 is 15.4 Å². The number of ether oxygens (including phenoxy) is 1. The molecule has 1 atom stereocenters. The summed E-state index contributed by atoms with van der Waals surface area (Å²) in [5.74, 6) is 0.331. The van der Waals surface area contributed by atoms with Crippen molar-refractivity contribution in [3.05, 3.63) is 60.7 Å². The minimum absolute atomic E-state index is 0.0815. The number of ketones is 1. The largest absolute Gasteiger partial charge is 0.457 e. The highest BCUT2D eigenvalue weighted by Crippen LogP contribution is 2.25. The predicted octanol–water partition coefficient (Wildman–Crippen LogP) is 4.91. The Balaban J connectivity index is 1.88. The van der Waals surface area contributed by atoms with Crippen LogP contribution in [-0.4, -0.2) is 18.7 Å². The number of carbonyl (C=O) groups excluding carboxylic acids is 2. The average Bonchev–Trinajstić information content (AvgIpc) is 2.72. The van der Waals surface area contributed by atoms with Gasteiger partial charge in [-0.3, -0.25) is 9.59 Å². The summed E-state index contributed by atoms with van der Waals surface area (Å²) in [7, 11) is 1.84. The van der Waals surface area contributed by atoms with Gasteiger partial charge in [0.15, 0.2) is 0 Å². The minimum atomic E-state index is -0.753. The molecule has 0 aliphatic carbocycles. The van der Waals surface area contributed by atoms with E-state index in [4.69, 9.17) is 4.74 Å². The molecule has 0 saturated heterocycles. The number of allylic oxidation sites excluding steroid dienone is 2. The molecule has 0 aliphatic heterocycles. The molecule has 0 radical (unpaired) electrons. The van der Waals surface area contributed by atoms with E-state index in [1.165, 1.54) is 6.92 Å². The topological polar surface area (TPSA) is 91.2 Å². The van der Waals surface area contributed by atoms with Crippen LogP contribution in [0.5, 0.6) is 11.5 Å². The van der Waals surface area contributed by atoms with Crippen molar-refractivity contribution in [3.63, 3.8) is 0 Å². The lowest BCUT2D eigenvalue weighted by molar-refractivity contribution is -0.118. The van der Waals surface area contributed by atoms with E-state index in [2.05, 4.69) is 10.6 Å². The van der Waals surface area contributed by atoms with Crippen LogP contribution in [-0.2, 0) is 9.59 Å². The van der Waals surface area contributed by atoms with Gasteiger partial charge in [-0.1, -0.05) is 18.2 Å². The first-order valence-electron chi connectivity index (χ1n) is 9.42. The fourth-order valence-corrected chi connectivity index (χ4v) is 2.57. The van der Waals surface area contributed by atoms with Gasteiger partial charge in [-0.05, 0) is 56.2 Å². The van der Waals surface area contributed by atoms with Crippen LogP contribution in [0.25, 0.3) is 0 Å². The van der Waals surface area contributed by atoms with E-state index in [9.17, 15) is 14.9 Å². The summed E-state index contributed by atoms with van der Waals surface area (Å²) in [4.78, 5) is 23.2. The van der Waals surface area contributed by atoms with E-state index in [0.29, 0.717) is 36.4 Å². The molecular weight excluding hydrogens is 366 g/mol. The van der Waals surface area contributed by atoms with Crippen LogP contribution in [0.2, 0.25) is 0 Å². The predicted molar refractivity (Wildman–Crippen MR) is 114 cm³/mol. The van der Waals surface area contributed by atoms with Gasteiger partial charge in [-0.25, -0.2) is 0 Å². The van der Waals surface area contributed by atoms with Crippen molar-refractivity contribution >= 4 is 23.1 Å². The average molecular weight is 391 g/mol. The van der Waals surface area contributed by atoms with Gasteiger partial charge in [0.25, 0.3) is 0 Å². The van der Waals surface area contributed by atoms with Crippen LogP contribution in [0.1, 0.15) is 26.2 Å². The Kier molecular flexibility index (Phi) is 8.46. The zero-order valence-electron chi connectivity index (χ0n) is 16.6. The lowest BCUT2D eigenvalue weighted by Crippen LogP contribution is -2.21. The molecule has 0 bridgehead atoms. The standard InChI is InChI=1S/C23H25N3O3/c1-17(27)7-4-3-5-8-18(16-24)23(28)26-19-11-13-21(14-12-19)29-22-10-6-9-20(15-22)25-2/h3-4,6,9-15,18,25H,5,7-8H2,1-2H3,(H,26,28). The Bertz CT molecular complexity index is 898. The summed E-state index contributed by atoms with van der Waals surface area (Å²) in [5.41, 5.74) is 1.55. The number of nitriles is 1. The SMILES string of the molecule is CNc1cccc(Oc2ccc(NC(=O)C(C#N)CCC=CCC(C)=O)cc2)c1.